The zero-order valence-electron chi connectivity index (χ0n) is 17.3. The summed E-state index contributed by atoms with van der Waals surface area (Å²) in [5.74, 6) is -1.56. The lowest BCUT2D eigenvalue weighted by Gasteiger charge is -2.43. The Balaban J connectivity index is 1.45. The Bertz CT molecular complexity index is 1380. The van der Waals surface area contributed by atoms with Gasteiger partial charge in [-0.05, 0) is 42.4 Å². The summed E-state index contributed by atoms with van der Waals surface area (Å²) in [5.41, 5.74) is 1.58. The van der Waals surface area contributed by atoms with Crippen molar-refractivity contribution in [2.75, 3.05) is 0 Å². The molecule has 3 heterocycles. The number of aromatic hydroxyl groups is 1. The highest BCUT2D eigenvalue weighted by Crippen LogP contribution is 2.69. The van der Waals surface area contributed by atoms with Gasteiger partial charge in [-0.1, -0.05) is 47.7 Å². The summed E-state index contributed by atoms with van der Waals surface area (Å²) >= 11 is 2.88. The minimum Gasteiger partial charge on any atom is -0.508 e. The minimum atomic E-state index is -0.410. The van der Waals surface area contributed by atoms with E-state index in [2.05, 4.69) is 0 Å². The minimum absolute atomic E-state index is 0.00316. The van der Waals surface area contributed by atoms with Gasteiger partial charge in [-0.15, -0.1) is 11.8 Å². The van der Waals surface area contributed by atoms with Crippen LogP contribution in [0.15, 0.2) is 64.4 Å². The molecular formula is C25H19NO5S2. The van der Waals surface area contributed by atoms with Crippen LogP contribution >= 0.6 is 23.1 Å². The summed E-state index contributed by atoms with van der Waals surface area (Å²) < 4.78 is 6.82. The summed E-state index contributed by atoms with van der Waals surface area (Å²) in [6.07, 6.45) is 0.799. The van der Waals surface area contributed by atoms with Crippen LogP contribution in [0.2, 0.25) is 0 Å². The number of nitrogens with zero attached hydrogens (tertiary/aromatic N) is 1. The Morgan fingerprint density at radius 3 is 2.36 bits per heavy atom. The van der Waals surface area contributed by atoms with Gasteiger partial charge < -0.3 is 9.84 Å². The fourth-order valence-corrected chi connectivity index (χ4v) is 9.93. The first-order valence-electron chi connectivity index (χ1n) is 11.1. The molecular weight excluding hydrogens is 458 g/mol. The number of thioether (sulfide) groups is 1. The molecule has 8 heteroatoms. The van der Waals surface area contributed by atoms with Crippen molar-refractivity contribution in [1.82, 2.24) is 4.57 Å². The second-order valence-corrected chi connectivity index (χ2v) is 11.4. The number of carbonyl (C=O) groups excluding carboxylic acids is 2. The molecule has 166 valence electrons. The Labute approximate surface area is 197 Å². The number of hydrogen-bond acceptors (Lipinski definition) is 7. The van der Waals surface area contributed by atoms with Crippen LogP contribution < -0.4 is 4.87 Å². The molecule has 7 rings (SSSR count). The first-order chi connectivity index (χ1) is 16.0. The maximum atomic E-state index is 13.2. The van der Waals surface area contributed by atoms with Crippen LogP contribution in [0.4, 0.5) is 0 Å². The first-order valence-corrected chi connectivity index (χ1v) is 12.8. The third kappa shape index (κ3) is 2.53. The molecule has 6 nitrogen and oxygen atoms in total. The highest BCUT2D eigenvalue weighted by atomic mass is 32.2. The normalized spacial score (nSPS) is 33.5. The molecule has 7 atom stereocenters. The molecule has 4 aliphatic rings. The van der Waals surface area contributed by atoms with E-state index in [0.29, 0.717) is 0 Å². The highest BCUT2D eigenvalue weighted by molar-refractivity contribution is 8.00. The molecule has 3 fully saturated rings. The van der Waals surface area contributed by atoms with E-state index >= 15 is 0 Å². The lowest BCUT2D eigenvalue weighted by atomic mass is 9.68. The summed E-state index contributed by atoms with van der Waals surface area (Å²) in [6.45, 7) is 0. The number of thiazole rings is 1. The Morgan fingerprint density at radius 1 is 0.909 bits per heavy atom. The lowest BCUT2D eigenvalue weighted by Crippen LogP contribution is -2.43. The molecule has 0 unspecified atom stereocenters. The number of phenolic OH excluding ortho intramolecular Hbond substituents is 1. The number of para-hydroxylation sites is 2. The van der Waals surface area contributed by atoms with Crippen LogP contribution in [0.5, 0.6) is 5.75 Å². The second-order valence-electron chi connectivity index (χ2n) is 9.26. The number of rotatable bonds is 2. The average Bonchev–Trinajstić information content (AvgIpc) is 3.53. The van der Waals surface area contributed by atoms with Crippen LogP contribution in [0, 0.1) is 29.6 Å². The van der Waals surface area contributed by atoms with Gasteiger partial charge >= 0.3 is 16.8 Å². The quantitative estimate of drug-likeness (QED) is 0.447. The fourth-order valence-electron chi connectivity index (χ4n) is 6.77. The lowest BCUT2D eigenvalue weighted by molar-refractivity contribution is -0.154. The summed E-state index contributed by atoms with van der Waals surface area (Å²) in [4.78, 5) is 39.2. The third-order valence-electron chi connectivity index (χ3n) is 7.89. The number of ether oxygens (including phenoxy) is 1. The molecule has 2 saturated carbocycles. The first kappa shape index (κ1) is 19.6. The molecule has 3 aromatic rings. The average molecular weight is 478 g/mol. The highest BCUT2D eigenvalue weighted by Gasteiger charge is 2.69. The van der Waals surface area contributed by atoms with Gasteiger partial charge in [-0.2, -0.15) is 0 Å². The molecule has 0 amide bonds. The van der Waals surface area contributed by atoms with Crippen molar-refractivity contribution in [2.45, 2.75) is 22.6 Å². The maximum absolute atomic E-state index is 13.2. The van der Waals surface area contributed by atoms with Gasteiger partial charge in [0.25, 0.3) is 0 Å². The maximum Gasteiger partial charge on any atom is 0.317 e. The van der Waals surface area contributed by atoms with Gasteiger partial charge in [0.15, 0.2) is 0 Å². The van der Waals surface area contributed by atoms with E-state index in [-0.39, 0.29) is 39.5 Å². The van der Waals surface area contributed by atoms with Gasteiger partial charge in [-0.25, -0.2) is 0 Å². The molecule has 1 aromatic heterocycles. The molecule has 2 aliphatic carbocycles. The van der Waals surface area contributed by atoms with Crippen LogP contribution in [-0.4, -0.2) is 26.9 Å². The number of cyclic esters (lactones) is 2. The van der Waals surface area contributed by atoms with Crippen LogP contribution in [0.1, 0.15) is 22.8 Å². The Morgan fingerprint density at radius 2 is 1.61 bits per heavy atom. The van der Waals surface area contributed by atoms with Crippen molar-refractivity contribution in [3.8, 4) is 11.4 Å². The number of phenols is 1. The van der Waals surface area contributed by atoms with Gasteiger partial charge in [-0.3, -0.25) is 19.0 Å². The number of esters is 2. The van der Waals surface area contributed by atoms with E-state index < -0.39 is 23.8 Å². The number of carbonyl (C=O) groups is 2. The Hall–Kier alpha value is -2.84. The molecule has 0 spiro atoms. The number of aromatic nitrogens is 1. The van der Waals surface area contributed by atoms with Gasteiger partial charge in [0.2, 0.25) is 0 Å². The van der Waals surface area contributed by atoms with Crippen molar-refractivity contribution < 1.29 is 19.4 Å². The van der Waals surface area contributed by atoms with Gasteiger partial charge in [0.05, 0.1) is 22.5 Å². The van der Waals surface area contributed by atoms with Crippen molar-refractivity contribution in [1.29, 1.82) is 0 Å². The predicted molar refractivity (Wildman–Crippen MR) is 123 cm³/mol. The zero-order valence-corrected chi connectivity index (χ0v) is 18.9. The fraction of sp³-hybridized carbons (Fsp3) is 0.320. The van der Waals surface area contributed by atoms with E-state index in [9.17, 15) is 19.5 Å². The number of benzene rings is 2. The monoisotopic (exact) mass is 477 g/mol. The van der Waals surface area contributed by atoms with Gasteiger partial charge in [0.1, 0.15) is 5.75 Å². The van der Waals surface area contributed by atoms with E-state index in [1.807, 2.05) is 42.5 Å². The smallest absolute Gasteiger partial charge is 0.317 e. The zero-order chi connectivity index (χ0) is 22.4. The van der Waals surface area contributed by atoms with E-state index in [1.54, 1.807) is 28.5 Å². The molecule has 2 aromatic carbocycles. The van der Waals surface area contributed by atoms with E-state index in [4.69, 9.17) is 4.74 Å². The summed E-state index contributed by atoms with van der Waals surface area (Å²) in [7, 11) is 0. The topological polar surface area (TPSA) is 85.6 Å². The summed E-state index contributed by atoms with van der Waals surface area (Å²) in [6, 6.07) is 16.8. The standard InChI is InChI=1S/C25H19NO5S2/c27-15-9-5-4-8-12(15)16-17-13-10-14(19-18(13)23(28)31-24(19)29)20(17)32-22-21(16)33-25(30)26(22)11-6-2-1-3-7-11/h1-9,13-14,16-20,27H,10H2/t13-,14+,16+,17+,18+,19-,20-/m0/s1. The molecule has 1 N–H and O–H groups in total. The third-order valence-corrected chi connectivity index (χ3v) is 10.6. The molecule has 1 saturated heterocycles. The largest absolute Gasteiger partial charge is 0.508 e. The van der Waals surface area contributed by atoms with Crippen molar-refractivity contribution in [3.05, 3.63) is 74.7 Å². The van der Waals surface area contributed by atoms with Gasteiger partial charge in [0, 0.05) is 21.6 Å². The molecule has 33 heavy (non-hydrogen) atoms. The Kier molecular flexibility index (Phi) is 4.06. The van der Waals surface area contributed by atoms with Crippen molar-refractivity contribution >= 4 is 35.0 Å². The van der Waals surface area contributed by atoms with Crippen LogP contribution in [-0.2, 0) is 14.3 Å². The van der Waals surface area contributed by atoms with Crippen molar-refractivity contribution in [2.24, 2.45) is 29.6 Å². The predicted octanol–water partition coefficient (Wildman–Crippen LogP) is 3.79. The second kappa shape index (κ2) is 6.84. The van der Waals surface area contributed by atoms with Crippen molar-refractivity contribution in [3.63, 3.8) is 0 Å². The SMILES string of the molecule is O=C1OC(=O)[C@H]2[C@H]3C[C@H]([C@@H]12)[C@@H]1[C@@H](c2ccccc2O)c2sc(=O)n(-c4ccccc4)c2S[C@@H]31. The van der Waals surface area contributed by atoms with E-state index in [1.165, 1.54) is 11.3 Å². The number of hydrogen-bond donors (Lipinski definition) is 1. The molecule has 2 bridgehead atoms. The van der Waals surface area contributed by atoms with Crippen LogP contribution in [0.3, 0.4) is 0 Å². The number of fused-ring (bicyclic) bond motifs is 9. The summed E-state index contributed by atoms with van der Waals surface area (Å²) in [5, 5.41) is 11.8. The molecule has 0 radical (unpaired) electrons. The molecule has 2 aliphatic heterocycles. The van der Waals surface area contributed by atoms with E-state index in [0.717, 1.165) is 27.6 Å². The van der Waals surface area contributed by atoms with Crippen LogP contribution in [0.25, 0.3) is 5.69 Å².